The van der Waals surface area contributed by atoms with Gasteiger partial charge in [-0.3, -0.25) is 0 Å². The third-order valence-electron chi connectivity index (χ3n) is 9.92. The van der Waals surface area contributed by atoms with Gasteiger partial charge in [-0.25, -0.2) is 4.79 Å². The second kappa shape index (κ2) is 9.77. The highest BCUT2D eigenvalue weighted by atomic mass is 16.7. The van der Waals surface area contributed by atoms with E-state index in [0.29, 0.717) is 30.3 Å². The summed E-state index contributed by atoms with van der Waals surface area (Å²) in [5.74, 6) is 0.463. The Morgan fingerprint density at radius 2 is 1.97 bits per heavy atom. The molecular weight excluding hydrogens is 456 g/mol. The highest BCUT2D eigenvalue weighted by molar-refractivity contribution is 5.60. The van der Waals surface area contributed by atoms with Crippen molar-refractivity contribution < 1.29 is 29.6 Å². The van der Waals surface area contributed by atoms with E-state index in [2.05, 4.69) is 43.4 Å². The molecule has 3 fully saturated rings. The van der Waals surface area contributed by atoms with Gasteiger partial charge in [0.1, 0.15) is 11.7 Å². The zero-order valence-electron chi connectivity index (χ0n) is 22.5. The minimum absolute atomic E-state index is 0.0933. The second-order valence-electron chi connectivity index (χ2n) is 12.6. The van der Waals surface area contributed by atoms with Crippen LogP contribution in [0, 0.1) is 28.6 Å². The smallest absolute Gasteiger partial charge is 0.438 e. The van der Waals surface area contributed by atoms with Gasteiger partial charge < -0.3 is 24.8 Å². The molecule has 6 heteroatoms. The summed E-state index contributed by atoms with van der Waals surface area (Å²) in [5, 5.41) is 33.4. The van der Waals surface area contributed by atoms with Crippen LogP contribution in [0.5, 0.6) is 0 Å². The molecule has 0 aliphatic heterocycles. The molecule has 0 aromatic rings. The van der Waals surface area contributed by atoms with Gasteiger partial charge in [0.05, 0.1) is 19.3 Å². The van der Waals surface area contributed by atoms with Crippen molar-refractivity contribution >= 4 is 6.16 Å². The molecular formula is C30H44O6. The number of aliphatic hydroxyl groups excluding tert-OH is 3. The fourth-order valence-corrected chi connectivity index (χ4v) is 7.81. The number of ether oxygens (including phenoxy) is 2. The SMILES string of the molecule is C=C1/C2=C/C=C3/CCC[C@@]4(C)C3CC[C@@H]4[C@](C)(/C=C/[C@H](O)C(C)(C)OC(=O)OC)CC([C@H](O)C2)[C@@H]1O. The van der Waals surface area contributed by atoms with Crippen molar-refractivity contribution in [2.45, 2.75) is 96.6 Å². The van der Waals surface area contributed by atoms with Gasteiger partial charge in [-0.1, -0.05) is 50.3 Å². The molecule has 0 radical (unpaired) electrons. The monoisotopic (exact) mass is 500 g/mol. The predicted octanol–water partition coefficient (Wildman–Crippen LogP) is 5.24. The third kappa shape index (κ3) is 4.72. The highest BCUT2D eigenvalue weighted by Gasteiger charge is 2.56. The van der Waals surface area contributed by atoms with E-state index in [1.807, 2.05) is 0 Å². The van der Waals surface area contributed by atoms with Crippen LogP contribution in [0.4, 0.5) is 4.79 Å². The number of methoxy groups -OCH3 is 1. The molecule has 6 nitrogen and oxygen atoms in total. The summed E-state index contributed by atoms with van der Waals surface area (Å²) < 4.78 is 9.93. The summed E-state index contributed by atoms with van der Waals surface area (Å²) in [4.78, 5) is 11.7. The van der Waals surface area contributed by atoms with E-state index in [1.54, 1.807) is 19.9 Å². The zero-order valence-corrected chi connectivity index (χ0v) is 22.5. The minimum Gasteiger partial charge on any atom is -0.438 e. The summed E-state index contributed by atoms with van der Waals surface area (Å²) in [6, 6.07) is 0. The van der Waals surface area contributed by atoms with Crippen LogP contribution < -0.4 is 0 Å². The first kappa shape index (κ1) is 27.2. The molecule has 0 saturated heterocycles. The lowest BCUT2D eigenvalue weighted by atomic mass is 9.54. The maximum atomic E-state index is 11.7. The Bertz CT molecular complexity index is 976. The summed E-state index contributed by atoms with van der Waals surface area (Å²) in [6.07, 6.45) is 11.4. The summed E-state index contributed by atoms with van der Waals surface area (Å²) in [6.45, 7) is 12.1. The first-order valence-corrected chi connectivity index (χ1v) is 13.4. The Kier molecular flexibility index (Phi) is 7.37. The van der Waals surface area contributed by atoms with Crippen LogP contribution in [0.2, 0.25) is 0 Å². The van der Waals surface area contributed by atoms with Crippen molar-refractivity contribution in [2.75, 3.05) is 7.11 Å². The summed E-state index contributed by atoms with van der Waals surface area (Å²) >= 11 is 0. The lowest BCUT2D eigenvalue weighted by Gasteiger charge is -2.51. The molecule has 6 bridgehead atoms. The number of allylic oxidation sites excluding steroid dienone is 4. The van der Waals surface area contributed by atoms with E-state index in [-0.39, 0.29) is 11.3 Å². The van der Waals surface area contributed by atoms with E-state index < -0.39 is 35.5 Å². The van der Waals surface area contributed by atoms with Crippen LogP contribution in [-0.4, -0.2) is 52.5 Å². The van der Waals surface area contributed by atoms with Crippen molar-refractivity contribution in [1.29, 1.82) is 0 Å². The molecule has 3 N–H and O–H groups in total. The van der Waals surface area contributed by atoms with Crippen molar-refractivity contribution in [3.05, 3.63) is 47.6 Å². The standard InChI is InChI=1S/C30H44O6/c1-18-20-10-9-19-8-7-14-30(5)22(19)11-12-24(30)29(4,17-21(26(18)33)23(31)16-20)15-13-25(32)28(2,3)36-27(34)35-6/h9-10,13,15,21-26,31-33H,1,7-8,11-12,14,16-17H2,2-6H3/b15-13+,19-9-,20-10+/t21?,22?,23-,24-,25+,26-,29-,30+/m1/s1. The minimum atomic E-state index is -1.17. The highest BCUT2D eigenvalue weighted by Crippen LogP contribution is 2.64. The topological polar surface area (TPSA) is 96.2 Å². The molecule has 0 heterocycles. The molecule has 5 aliphatic carbocycles. The van der Waals surface area contributed by atoms with Crippen molar-refractivity contribution in [3.63, 3.8) is 0 Å². The molecule has 0 amide bonds. The van der Waals surface area contributed by atoms with E-state index in [4.69, 9.17) is 4.74 Å². The normalized spacial score (nSPS) is 42.6. The zero-order chi connectivity index (χ0) is 26.5. The number of carbonyl (C=O) groups excluding carboxylic acids is 1. The van der Waals surface area contributed by atoms with Gasteiger partial charge in [0.25, 0.3) is 0 Å². The number of hydrogen-bond acceptors (Lipinski definition) is 6. The summed E-state index contributed by atoms with van der Waals surface area (Å²) in [5.41, 5.74) is 1.63. The Morgan fingerprint density at radius 3 is 2.67 bits per heavy atom. The molecule has 36 heavy (non-hydrogen) atoms. The molecule has 3 saturated carbocycles. The van der Waals surface area contributed by atoms with E-state index in [1.165, 1.54) is 12.7 Å². The van der Waals surface area contributed by atoms with Crippen molar-refractivity contribution in [3.8, 4) is 0 Å². The molecule has 200 valence electrons. The van der Waals surface area contributed by atoms with E-state index in [0.717, 1.165) is 37.7 Å². The van der Waals surface area contributed by atoms with Gasteiger partial charge in [-0.15, -0.1) is 0 Å². The maximum Gasteiger partial charge on any atom is 0.508 e. The van der Waals surface area contributed by atoms with Crippen LogP contribution in [0.15, 0.2) is 47.6 Å². The molecule has 0 aromatic heterocycles. The average Bonchev–Trinajstić information content (AvgIpc) is 3.19. The van der Waals surface area contributed by atoms with E-state index in [9.17, 15) is 20.1 Å². The van der Waals surface area contributed by atoms with Gasteiger partial charge >= 0.3 is 6.16 Å². The molecule has 5 aliphatic rings. The first-order valence-electron chi connectivity index (χ1n) is 13.4. The lowest BCUT2D eigenvalue weighted by molar-refractivity contribution is -0.0625. The second-order valence-corrected chi connectivity index (χ2v) is 12.6. The van der Waals surface area contributed by atoms with Crippen molar-refractivity contribution in [2.24, 2.45) is 28.6 Å². The molecule has 2 unspecified atom stereocenters. The average molecular weight is 501 g/mol. The molecule has 0 aromatic carbocycles. The van der Waals surface area contributed by atoms with Gasteiger partial charge in [0.15, 0.2) is 0 Å². The Morgan fingerprint density at radius 1 is 1.25 bits per heavy atom. The fourth-order valence-electron chi connectivity index (χ4n) is 7.81. The van der Waals surface area contributed by atoms with Crippen LogP contribution in [0.1, 0.15) is 72.6 Å². The maximum absolute atomic E-state index is 11.7. The summed E-state index contributed by atoms with van der Waals surface area (Å²) in [7, 11) is 1.24. The van der Waals surface area contributed by atoms with Crippen molar-refractivity contribution in [1.82, 2.24) is 0 Å². The quantitative estimate of drug-likeness (QED) is 0.361. The molecule has 5 rings (SSSR count). The third-order valence-corrected chi connectivity index (χ3v) is 9.92. The van der Waals surface area contributed by atoms with Gasteiger partial charge in [0, 0.05) is 5.92 Å². The number of aliphatic hydroxyl groups is 3. The number of carbonyl (C=O) groups is 1. The molecule has 8 atom stereocenters. The lowest BCUT2D eigenvalue weighted by Crippen LogP contribution is -2.46. The van der Waals surface area contributed by atoms with Gasteiger partial charge in [-0.05, 0) is 92.6 Å². The molecule has 0 spiro atoms. The van der Waals surface area contributed by atoms with Crippen LogP contribution >= 0.6 is 0 Å². The largest absolute Gasteiger partial charge is 0.508 e. The number of rotatable bonds is 4. The number of hydrogen-bond donors (Lipinski definition) is 3. The van der Waals surface area contributed by atoms with Crippen LogP contribution in [0.25, 0.3) is 0 Å². The van der Waals surface area contributed by atoms with E-state index >= 15 is 0 Å². The number of fused-ring (bicyclic) bond motifs is 4. The van der Waals surface area contributed by atoms with Crippen LogP contribution in [0.3, 0.4) is 0 Å². The van der Waals surface area contributed by atoms with Gasteiger partial charge in [0.2, 0.25) is 0 Å². The Balaban J connectivity index is 1.77. The Labute approximate surface area is 215 Å². The van der Waals surface area contributed by atoms with Gasteiger partial charge in [-0.2, -0.15) is 0 Å². The van der Waals surface area contributed by atoms with Crippen LogP contribution in [-0.2, 0) is 9.47 Å². The fraction of sp³-hybridized carbons (Fsp3) is 0.700. The predicted molar refractivity (Wildman–Crippen MR) is 139 cm³/mol. The first-order chi connectivity index (χ1) is 16.8. The Hall–Kier alpha value is -1.89.